The van der Waals surface area contributed by atoms with Crippen molar-refractivity contribution in [1.82, 2.24) is 0 Å². The SMILES string of the molecule is COC[C@@H]1CCCC(C)O1. The van der Waals surface area contributed by atoms with E-state index in [-0.39, 0.29) is 0 Å². The molecule has 0 spiro atoms. The van der Waals surface area contributed by atoms with Crippen LogP contribution in [0.15, 0.2) is 0 Å². The zero-order chi connectivity index (χ0) is 7.40. The number of ether oxygens (including phenoxy) is 2. The molecule has 0 aliphatic carbocycles. The topological polar surface area (TPSA) is 18.5 Å². The Morgan fingerprint density at radius 3 is 2.90 bits per heavy atom. The second-order valence-electron chi connectivity index (χ2n) is 2.95. The van der Waals surface area contributed by atoms with Crippen LogP contribution in [0.3, 0.4) is 0 Å². The highest BCUT2D eigenvalue weighted by Gasteiger charge is 2.18. The summed E-state index contributed by atoms with van der Waals surface area (Å²) in [5.41, 5.74) is 0. The van der Waals surface area contributed by atoms with Crippen LogP contribution in [-0.2, 0) is 9.47 Å². The Morgan fingerprint density at radius 2 is 2.30 bits per heavy atom. The van der Waals surface area contributed by atoms with E-state index in [0.29, 0.717) is 12.2 Å². The lowest BCUT2D eigenvalue weighted by Gasteiger charge is -2.26. The molecule has 0 aromatic carbocycles. The van der Waals surface area contributed by atoms with Gasteiger partial charge in [0.25, 0.3) is 0 Å². The van der Waals surface area contributed by atoms with Crippen molar-refractivity contribution in [1.29, 1.82) is 0 Å². The summed E-state index contributed by atoms with van der Waals surface area (Å²) in [5, 5.41) is 0. The van der Waals surface area contributed by atoms with Crippen molar-refractivity contribution >= 4 is 0 Å². The number of methoxy groups -OCH3 is 1. The number of hydrogen-bond acceptors (Lipinski definition) is 2. The van der Waals surface area contributed by atoms with Crippen molar-refractivity contribution < 1.29 is 9.47 Å². The molecule has 1 rings (SSSR count). The fraction of sp³-hybridized carbons (Fsp3) is 1.00. The predicted molar refractivity (Wildman–Crippen MR) is 40.1 cm³/mol. The zero-order valence-corrected chi connectivity index (χ0v) is 6.80. The molecule has 0 aromatic heterocycles. The quantitative estimate of drug-likeness (QED) is 0.586. The normalized spacial score (nSPS) is 34.2. The molecule has 0 aromatic rings. The zero-order valence-electron chi connectivity index (χ0n) is 6.80. The van der Waals surface area contributed by atoms with Gasteiger partial charge in [0, 0.05) is 7.11 Å². The van der Waals surface area contributed by atoms with Crippen molar-refractivity contribution in [2.45, 2.75) is 38.4 Å². The molecule has 1 aliphatic heterocycles. The molecule has 1 fully saturated rings. The van der Waals surface area contributed by atoms with E-state index in [1.165, 1.54) is 12.8 Å². The molecule has 0 saturated carbocycles. The third kappa shape index (κ3) is 2.27. The molecule has 1 heterocycles. The average Bonchev–Trinajstić information content (AvgIpc) is 1.88. The molecule has 0 bridgehead atoms. The van der Waals surface area contributed by atoms with E-state index < -0.39 is 0 Å². The van der Waals surface area contributed by atoms with E-state index in [2.05, 4.69) is 6.92 Å². The van der Waals surface area contributed by atoms with Gasteiger partial charge in [0.1, 0.15) is 0 Å². The van der Waals surface area contributed by atoms with Crippen LogP contribution in [0.1, 0.15) is 26.2 Å². The minimum Gasteiger partial charge on any atom is -0.382 e. The van der Waals surface area contributed by atoms with Crippen molar-refractivity contribution in [3.63, 3.8) is 0 Å². The molecule has 1 unspecified atom stereocenters. The Balaban J connectivity index is 2.18. The summed E-state index contributed by atoms with van der Waals surface area (Å²) >= 11 is 0. The largest absolute Gasteiger partial charge is 0.382 e. The Kier molecular flexibility index (Phi) is 3.16. The third-order valence-corrected chi connectivity index (χ3v) is 1.91. The summed E-state index contributed by atoms with van der Waals surface area (Å²) in [6, 6.07) is 0. The van der Waals surface area contributed by atoms with Gasteiger partial charge in [-0.3, -0.25) is 0 Å². The molecule has 0 N–H and O–H groups in total. The van der Waals surface area contributed by atoms with Gasteiger partial charge in [0.2, 0.25) is 0 Å². The molecule has 1 saturated heterocycles. The van der Waals surface area contributed by atoms with E-state index >= 15 is 0 Å². The first-order valence-corrected chi connectivity index (χ1v) is 3.97. The summed E-state index contributed by atoms with van der Waals surface area (Å²) < 4.78 is 10.6. The highest BCUT2D eigenvalue weighted by Crippen LogP contribution is 2.18. The standard InChI is InChI=1S/C8H16O2/c1-7-4-3-5-8(10-7)6-9-2/h7-8H,3-6H2,1-2H3/t7?,8-/m0/s1. The highest BCUT2D eigenvalue weighted by atomic mass is 16.5. The smallest absolute Gasteiger partial charge is 0.0812 e. The van der Waals surface area contributed by atoms with E-state index in [0.717, 1.165) is 13.0 Å². The molecule has 0 amide bonds. The number of hydrogen-bond donors (Lipinski definition) is 0. The first-order valence-electron chi connectivity index (χ1n) is 3.97. The van der Waals surface area contributed by atoms with Gasteiger partial charge >= 0.3 is 0 Å². The average molecular weight is 144 g/mol. The molecular weight excluding hydrogens is 128 g/mol. The number of rotatable bonds is 2. The van der Waals surface area contributed by atoms with Gasteiger partial charge in [-0.25, -0.2) is 0 Å². The minimum absolute atomic E-state index is 0.355. The molecular formula is C8H16O2. The predicted octanol–water partition coefficient (Wildman–Crippen LogP) is 1.59. The lowest BCUT2D eigenvalue weighted by atomic mass is 10.1. The van der Waals surface area contributed by atoms with Crippen molar-refractivity contribution in [3.05, 3.63) is 0 Å². The van der Waals surface area contributed by atoms with E-state index in [1.54, 1.807) is 7.11 Å². The molecule has 2 nitrogen and oxygen atoms in total. The second-order valence-corrected chi connectivity index (χ2v) is 2.95. The maximum atomic E-state index is 5.60. The van der Waals surface area contributed by atoms with Crippen LogP contribution in [0.4, 0.5) is 0 Å². The van der Waals surface area contributed by atoms with Gasteiger partial charge in [-0.2, -0.15) is 0 Å². The maximum absolute atomic E-state index is 5.60. The lowest BCUT2D eigenvalue weighted by molar-refractivity contribution is -0.0710. The van der Waals surface area contributed by atoms with Gasteiger partial charge in [0.05, 0.1) is 18.8 Å². The molecule has 2 atom stereocenters. The van der Waals surface area contributed by atoms with E-state index in [4.69, 9.17) is 9.47 Å². The summed E-state index contributed by atoms with van der Waals surface area (Å²) in [5.74, 6) is 0. The summed E-state index contributed by atoms with van der Waals surface area (Å²) in [7, 11) is 1.72. The summed E-state index contributed by atoms with van der Waals surface area (Å²) in [6.45, 7) is 2.88. The van der Waals surface area contributed by atoms with Crippen LogP contribution in [0.2, 0.25) is 0 Å². The van der Waals surface area contributed by atoms with Gasteiger partial charge in [-0.15, -0.1) is 0 Å². The first-order chi connectivity index (χ1) is 4.83. The lowest BCUT2D eigenvalue weighted by Crippen LogP contribution is -2.28. The van der Waals surface area contributed by atoms with Crippen LogP contribution in [0.25, 0.3) is 0 Å². The molecule has 0 radical (unpaired) electrons. The monoisotopic (exact) mass is 144 g/mol. The van der Waals surface area contributed by atoms with Crippen LogP contribution in [-0.4, -0.2) is 25.9 Å². The van der Waals surface area contributed by atoms with Gasteiger partial charge < -0.3 is 9.47 Å². The minimum atomic E-state index is 0.355. The van der Waals surface area contributed by atoms with Crippen LogP contribution in [0, 0.1) is 0 Å². The van der Waals surface area contributed by atoms with Crippen molar-refractivity contribution in [3.8, 4) is 0 Å². The molecule has 10 heavy (non-hydrogen) atoms. The molecule has 60 valence electrons. The van der Waals surface area contributed by atoms with Crippen LogP contribution >= 0.6 is 0 Å². The Hall–Kier alpha value is -0.0800. The molecule has 2 heteroatoms. The highest BCUT2D eigenvalue weighted by molar-refractivity contribution is 4.67. The van der Waals surface area contributed by atoms with Crippen molar-refractivity contribution in [2.75, 3.05) is 13.7 Å². The first kappa shape index (κ1) is 8.02. The fourth-order valence-electron chi connectivity index (χ4n) is 1.41. The summed E-state index contributed by atoms with van der Waals surface area (Å²) in [6.07, 6.45) is 4.45. The van der Waals surface area contributed by atoms with E-state index in [9.17, 15) is 0 Å². The third-order valence-electron chi connectivity index (χ3n) is 1.91. The second kappa shape index (κ2) is 3.94. The van der Waals surface area contributed by atoms with Crippen LogP contribution in [0.5, 0.6) is 0 Å². The Morgan fingerprint density at radius 1 is 1.50 bits per heavy atom. The Labute approximate surface area is 62.5 Å². The molecule has 1 aliphatic rings. The Bertz CT molecular complexity index is 91.3. The maximum Gasteiger partial charge on any atom is 0.0812 e. The fourth-order valence-corrected chi connectivity index (χ4v) is 1.41. The van der Waals surface area contributed by atoms with E-state index in [1.807, 2.05) is 0 Å². The van der Waals surface area contributed by atoms with Gasteiger partial charge in [-0.1, -0.05) is 0 Å². The van der Waals surface area contributed by atoms with Crippen LogP contribution < -0.4 is 0 Å². The summed E-state index contributed by atoms with van der Waals surface area (Å²) in [4.78, 5) is 0. The van der Waals surface area contributed by atoms with Gasteiger partial charge in [0.15, 0.2) is 0 Å². The van der Waals surface area contributed by atoms with Crippen molar-refractivity contribution in [2.24, 2.45) is 0 Å². The van der Waals surface area contributed by atoms with Gasteiger partial charge in [-0.05, 0) is 26.2 Å².